The van der Waals surface area contributed by atoms with E-state index < -0.39 is 0 Å². The number of rotatable bonds is 7. The van der Waals surface area contributed by atoms with Gasteiger partial charge in [-0.1, -0.05) is 43.3 Å². The lowest BCUT2D eigenvalue weighted by molar-refractivity contribution is 0.328. The highest BCUT2D eigenvalue weighted by molar-refractivity contribution is 5.98. The van der Waals surface area contributed by atoms with Crippen molar-refractivity contribution in [1.82, 2.24) is 0 Å². The molecule has 0 aliphatic carbocycles. The van der Waals surface area contributed by atoms with E-state index in [-0.39, 0.29) is 11.5 Å². The van der Waals surface area contributed by atoms with E-state index in [1.807, 2.05) is 48.5 Å². The summed E-state index contributed by atoms with van der Waals surface area (Å²) in [5.41, 5.74) is 10.9. The van der Waals surface area contributed by atoms with Gasteiger partial charge in [-0.3, -0.25) is 0 Å². The first-order valence-electron chi connectivity index (χ1n) is 9.37. The van der Waals surface area contributed by atoms with Gasteiger partial charge in [0.2, 0.25) is 0 Å². The van der Waals surface area contributed by atoms with E-state index in [1.165, 1.54) is 0 Å². The number of ether oxygens (including phenoxy) is 1. The van der Waals surface area contributed by atoms with Gasteiger partial charge in [0.05, 0.1) is 0 Å². The molecule has 4 nitrogen and oxygen atoms in total. The highest BCUT2D eigenvalue weighted by Crippen LogP contribution is 2.36. The molecule has 0 heterocycles. The first-order chi connectivity index (χ1) is 13.6. The van der Waals surface area contributed by atoms with Crippen LogP contribution in [0, 0.1) is 0 Å². The fourth-order valence-corrected chi connectivity index (χ4v) is 3.23. The molecular weight excluding hydrogens is 350 g/mol. The van der Waals surface area contributed by atoms with Gasteiger partial charge in [0, 0.05) is 6.54 Å². The Bertz CT molecular complexity index is 927. The molecule has 0 fully saturated rings. The normalized spacial score (nSPS) is 11.8. The van der Waals surface area contributed by atoms with Crippen molar-refractivity contribution in [3.63, 3.8) is 0 Å². The molecule has 0 aromatic heterocycles. The number of hydrogen-bond acceptors (Lipinski definition) is 4. The third-order valence-corrected chi connectivity index (χ3v) is 4.56. The summed E-state index contributed by atoms with van der Waals surface area (Å²) < 4.78 is 5.59. The molecule has 0 aliphatic heterocycles. The fourth-order valence-electron chi connectivity index (χ4n) is 3.23. The van der Waals surface area contributed by atoms with E-state index in [4.69, 9.17) is 10.5 Å². The molecule has 0 spiro atoms. The smallest absolute Gasteiger partial charge is 0.119 e. The molecule has 4 heteroatoms. The van der Waals surface area contributed by atoms with Gasteiger partial charge in [-0.2, -0.15) is 0 Å². The summed E-state index contributed by atoms with van der Waals surface area (Å²) >= 11 is 0. The summed E-state index contributed by atoms with van der Waals surface area (Å²) in [5, 5.41) is 19.3. The predicted molar refractivity (Wildman–Crippen MR) is 113 cm³/mol. The average molecular weight is 375 g/mol. The number of benzene rings is 3. The Labute approximate surface area is 165 Å². The van der Waals surface area contributed by atoms with E-state index in [0.717, 1.165) is 40.0 Å². The standard InChI is InChI=1S/C24H25NO3/c1-2-23(17-3-9-20(26)10-4-17)24(18-5-11-21(27)12-6-18)19-7-13-22(14-8-19)28-16-15-25/h3-14,26-27H,2,15-16,25H2,1H3/b24-23-. The zero-order valence-electron chi connectivity index (χ0n) is 15.9. The Balaban J connectivity index is 2.13. The van der Waals surface area contributed by atoms with Crippen molar-refractivity contribution in [2.75, 3.05) is 13.2 Å². The number of phenolic OH excluding ortho intramolecular Hbond substituents is 2. The quantitative estimate of drug-likeness (QED) is 0.518. The number of hydrogen-bond donors (Lipinski definition) is 3. The summed E-state index contributed by atoms with van der Waals surface area (Å²) in [6.07, 6.45) is 0.812. The highest BCUT2D eigenvalue weighted by atomic mass is 16.5. The van der Waals surface area contributed by atoms with E-state index in [0.29, 0.717) is 13.2 Å². The molecular formula is C24H25NO3. The van der Waals surface area contributed by atoms with Gasteiger partial charge >= 0.3 is 0 Å². The fraction of sp³-hybridized carbons (Fsp3) is 0.167. The lowest BCUT2D eigenvalue weighted by Crippen LogP contribution is -2.10. The van der Waals surface area contributed by atoms with E-state index >= 15 is 0 Å². The van der Waals surface area contributed by atoms with Crippen LogP contribution in [0.15, 0.2) is 72.8 Å². The molecule has 0 saturated heterocycles. The SMILES string of the molecule is CC/C(=C(\c1ccc(O)cc1)c1ccc(OCCN)cc1)c1ccc(O)cc1. The van der Waals surface area contributed by atoms with Gasteiger partial charge in [-0.05, 0) is 70.7 Å². The van der Waals surface area contributed by atoms with E-state index in [9.17, 15) is 10.2 Å². The summed E-state index contributed by atoms with van der Waals surface area (Å²) in [5.74, 6) is 1.25. The second kappa shape index (κ2) is 9.11. The Morgan fingerprint density at radius 3 is 1.68 bits per heavy atom. The van der Waals surface area contributed by atoms with Crippen LogP contribution >= 0.6 is 0 Å². The largest absolute Gasteiger partial charge is 0.508 e. The van der Waals surface area contributed by atoms with Crippen LogP contribution in [0.25, 0.3) is 11.1 Å². The second-order valence-corrected chi connectivity index (χ2v) is 6.46. The molecule has 144 valence electrons. The predicted octanol–water partition coefficient (Wildman–Crippen LogP) is 4.80. The summed E-state index contributed by atoms with van der Waals surface area (Å²) in [7, 11) is 0. The van der Waals surface area contributed by atoms with Gasteiger partial charge in [0.15, 0.2) is 0 Å². The molecule has 0 saturated carbocycles. The summed E-state index contributed by atoms with van der Waals surface area (Å²) in [6.45, 7) is 3.07. The average Bonchev–Trinajstić information content (AvgIpc) is 2.73. The molecule has 0 aliphatic rings. The maximum absolute atomic E-state index is 9.70. The summed E-state index contributed by atoms with van der Waals surface area (Å²) in [4.78, 5) is 0. The van der Waals surface area contributed by atoms with Crippen LogP contribution in [0.2, 0.25) is 0 Å². The molecule has 3 rings (SSSR count). The van der Waals surface area contributed by atoms with Gasteiger partial charge in [-0.15, -0.1) is 0 Å². The highest BCUT2D eigenvalue weighted by Gasteiger charge is 2.13. The van der Waals surface area contributed by atoms with Crippen LogP contribution < -0.4 is 10.5 Å². The Morgan fingerprint density at radius 2 is 1.21 bits per heavy atom. The molecule has 3 aromatic carbocycles. The van der Waals surface area contributed by atoms with Crippen LogP contribution in [-0.2, 0) is 0 Å². The van der Waals surface area contributed by atoms with Crippen LogP contribution in [0.4, 0.5) is 0 Å². The molecule has 0 atom stereocenters. The van der Waals surface area contributed by atoms with Crippen LogP contribution in [0.5, 0.6) is 17.2 Å². The van der Waals surface area contributed by atoms with Crippen molar-refractivity contribution in [3.8, 4) is 17.2 Å². The van der Waals surface area contributed by atoms with Crippen LogP contribution in [-0.4, -0.2) is 23.4 Å². The van der Waals surface area contributed by atoms with Crippen molar-refractivity contribution in [2.24, 2.45) is 5.73 Å². The molecule has 3 aromatic rings. The minimum absolute atomic E-state index is 0.233. The number of aromatic hydroxyl groups is 2. The first-order valence-corrected chi connectivity index (χ1v) is 9.37. The van der Waals surface area contributed by atoms with Crippen LogP contribution in [0.3, 0.4) is 0 Å². The van der Waals surface area contributed by atoms with Crippen LogP contribution in [0.1, 0.15) is 30.0 Å². The first kappa shape index (κ1) is 19.5. The molecule has 0 unspecified atom stereocenters. The zero-order valence-corrected chi connectivity index (χ0v) is 15.9. The topological polar surface area (TPSA) is 75.7 Å². The number of allylic oxidation sites excluding steroid dienone is 1. The maximum Gasteiger partial charge on any atom is 0.119 e. The third-order valence-electron chi connectivity index (χ3n) is 4.56. The Morgan fingerprint density at radius 1 is 0.750 bits per heavy atom. The Hall–Kier alpha value is -3.24. The van der Waals surface area contributed by atoms with Crippen molar-refractivity contribution in [2.45, 2.75) is 13.3 Å². The third kappa shape index (κ3) is 4.53. The van der Waals surface area contributed by atoms with Crippen molar-refractivity contribution in [1.29, 1.82) is 0 Å². The Kier molecular flexibility index (Phi) is 6.35. The van der Waals surface area contributed by atoms with E-state index in [2.05, 4.69) is 6.92 Å². The number of nitrogens with two attached hydrogens (primary N) is 1. The second-order valence-electron chi connectivity index (χ2n) is 6.46. The van der Waals surface area contributed by atoms with Gasteiger partial charge in [0.1, 0.15) is 23.9 Å². The number of phenols is 2. The van der Waals surface area contributed by atoms with Gasteiger partial charge < -0.3 is 20.7 Å². The maximum atomic E-state index is 9.70. The molecule has 28 heavy (non-hydrogen) atoms. The van der Waals surface area contributed by atoms with Gasteiger partial charge in [-0.25, -0.2) is 0 Å². The van der Waals surface area contributed by atoms with Crippen molar-refractivity contribution >= 4 is 11.1 Å². The molecule has 0 radical (unpaired) electrons. The van der Waals surface area contributed by atoms with E-state index in [1.54, 1.807) is 24.3 Å². The van der Waals surface area contributed by atoms with Gasteiger partial charge in [0.25, 0.3) is 0 Å². The molecule has 0 bridgehead atoms. The lowest BCUT2D eigenvalue weighted by Gasteiger charge is -2.17. The molecule has 4 N–H and O–H groups in total. The van der Waals surface area contributed by atoms with Crippen molar-refractivity contribution < 1.29 is 14.9 Å². The van der Waals surface area contributed by atoms with Crippen molar-refractivity contribution in [3.05, 3.63) is 89.5 Å². The minimum atomic E-state index is 0.233. The molecule has 0 amide bonds. The minimum Gasteiger partial charge on any atom is -0.508 e. The lowest BCUT2D eigenvalue weighted by atomic mass is 9.88. The monoisotopic (exact) mass is 375 g/mol. The summed E-state index contributed by atoms with van der Waals surface area (Å²) in [6, 6.07) is 22.4. The zero-order chi connectivity index (χ0) is 19.9.